The molecule has 5 nitrogen and oxygen atoms in total. The molecule has 3 aromatic rings. The van der Waals surface area contributed by atoms with Gasteiger partial charge in [-0.3, -0.25) is 9.48 Å². The molecular weight excluding hydrogens is 328 g/mol. The fraction of sp³-hybridized carbons (Fsp3) is 0.238. The van der Waals surface area contributed by atoms with E-state index in [0.29, 0.717) is 24.5 Å². The van der Waals surface area contributed by atoms with Crippen molar-refractivity contribution in [2.75, 3.05) is 13.7 Å². The van der Waals surface area contributed by atoms with Crippen molar-refractivity contribution in [3.8, 4) is 16.9 Å². The zero-order valence-electron chi connectivity index (χ0n) is 14.8. The monoisotopic (exact) mass is 350 g/mol. The quantitative estimate of drug-likeness (QED) is 0.433. The Morgan fingerprint density at radius 3 is 2.73 bits per heavy atom. The molecule has 0 saturated carbocycles. The minimum absolute atomic E-state index is 0.418. The third-order valence-corrected chi connectivity index (χ3v) is 4.10. The third kappa shape index (κ3) is 4.37. The molecule has 0 aliphatic carbocycles. The molecule has 0 radical (unpaired) electrons. The molecule has 0 N–H and O–H groups in total. The van der Waals surface area contributed by atoms with Crippen LogP contribution < -0.4 is 4.74 Å². The summed E-state index contributed by atoms with van der Waals surface area (Å²) in [6.45, 7) is 1.88. The molecular formula is C21H22N2O3. The lowest BCUT2D eigenvalue weighted by molar-refractivity contribution is 0.111. The first-order chi connectivity index (χ1) is 12.8. The smallest absolute Gasteiger partial charge is 0.154 e. The van der Waals surface area contributed by atoms with E-state index in [9.17, 15) is 4.79 Å². The summed E-state index contributed by atoms with van der Waals surface area (Å²) in [7, 11) is 1.69. The maximum atomic E-state index is 11.7. The number of aldehydes is 1. The molecule has 0 aliphatic heterocycles. The van der Waals surface area contributed by atoms with Crippen molar-refractivity contribution in [3.63, 3.8) is 0 Å². The molecule has 0 amide bonds. The van der Waals surface area contributed by atoms with Crippen LogP contribution in [0.2, 0.25) is 0 Å². The lowest BCUT2D eigenvalue weighted by Crippen LogP contribution is -2.01. The molecule has 0 unspecified atom stereocenters. The number of carbonyl (C=O) groups is 1. The van der Waals surface area contributed by atoms with Gasteiger partial charge >= 0.3 is 0 Å². The maximum absolute atomic E-state index is 11.7. The van der Waals surface area contributed by atoms with Crippen LogP contribution in [-0.4, -0.2) is 29.8 Å². The zero-order valence-corrected chi connectivity index (χ0v) is 14.8. The van der Waals surface area contributed by atoms with Crippen LogP contribution in [0.1, 0.15) is 22.3 Å². The van der Waals surface area contributed by atoms with E-state index >= 15 is 0 Å². The normalized spacial score (nSPS) is 10.7. The average molecular weight is 350 g/mol. The first kappa shape index (κ1) is 17.9. The Labute approximate surface area is 153 Å². The fourth-order valence-corrected chi connectivity index (χ4v) is 2.77. The lowest BCUT2D eigenvalue weighted by Gasteiger charge is -2.11. The molecule has 0 saturated heterocycles. The zero-order chi connectivity index (χ0) is 18.2. The second-order valence-electron chi connectivity index (χ2n) is 5.95. The lowest BCUT2D eigenvalue weighted by atomic mass is 10.0. The Kier molecular flexibility index (Phi) is 6.17. The van der Waals surface area contributed by atoms with Gasteiger partial charge in [-0.15, -0.1) is 0 Å². The number of rotatable bonds is 9. The molecule has 3 rings (SSSR count). The highest BCUT2D eigenvalue weighted by molar-refractivity contribution is 5.90. The number of benzene rings is 2. The molecule has 0 aliphatic rings. The number of aromatic nitrogens is 2. The summed E-state index contributed by atoms with van der Waals surface area (Å²) in [4.78, 5) is 11.7. The SMILES string of the molecule is COCCCn1cc(-c2cccc(OCc3ccccc3)c2C=O)cn1. The first-order valence-electron chi connectivity index (χ1n) is 8.58. The summed E-state index contributed by atoms with van der Waals surface area (Å²) in [6, 6.07) is 15.5. The van der Waals surface area contributed by atoms with E-state index < -0.39 is 0 Å². The summed E-state index contributed by atoms with van der Waals surface area (Å²) in [5, 5.41) is 4.37. The number of hydrogen-bond donors (Lipinski definition) is 0. The summed E-state index contributed by atoms with van der Waals surface area (Å²) in [5.41, 5.74) is 3.32. The van der Waals surface area contributed by atoms with E-state index in [1.165, 1.54) is 0 Å². The maximum Gasteiger partial charge on any atom is 0.154 e. The molecule has 0 fully saturated rings. The number of ether oxygens (including phenoxy) is 2. The Morgan fingerprint density at radius 1 is 1.12 bits per heavy atom. The average Bonchev–Trinajstić information content (AvgIpc) is 3.16. The molecule has 134 valence electrons. The molecule has 26 heavy (non-hydrogen) atoms. The van der Waals surface area contributed by atoms with Gasteiger partial charge < -0.3 is 9.47 Å². The van der Waals surface area contributed by atoms with E-state index in [4.69, 9.17) is 9.47 Å². The van der Waals surface area contributed by atoms with Gasteiger partial charge in [-0.1, -0.05) is 42.5 Å². The van der Waals surface area contributed by atoms with E-state index in [1.807, 2.05) is 59.4 Å². The topological polar surface area (TPSA) is 53.4 Å². The van der Waals surface area contributed by atoms with Crippen LogP contribution >= 0.6 is 0 Å². The second-order valence-corrected chi connectivity index (χ2v) is 5.95. The minimum Gasteiger partial charge on any atom is -0.488 e. The van der Waals surface area contributed by atoms with Crippen LogP contribution in [-0.2, 0) is 17.9 Å². The molecule has 5 heteroatoms. The van der Waals surface area contributed by atoms with E-state index in [2.05, 4.69) is 5.10 Å². The van der Waals surface area contributed by atoms with E-state index in [1.54, 1.807) is 13.3 Å². The second kappa shape index (κ2) is 8.97. The van der Waals surface area contributed by atoms with Crippen molar-refractivity contribution in [2.24, 2.45) is 0 Å². The van der Waals surface area contributed by atoms with Crippen LogP contribution in [0, 0.1) is 0 Å². The van der Waals surface area contributed by atoms with Gasteiger partial charge in [-0.05, 0) is 23.6 Å². The van der Waals surface area contributed by atoms with Crippen molar-refractivity contribution in [1.29, 1.82) is 0 Å². The van der Waals surface area contributed by atoms with Crippen molar-refractivity contribution >= 4 is 6.29 Å². The van der Waals surface area contributed by atoms with Crippen molar-refractivity contribution in [1.82, 2.24) is 9.78 Å². The minimum atomic E-state index is 0.418. The fourth-order valence-electron chi connectivity index (χ4n) is 2.77. The van der Waals surface area contributed by atoms with E-state index in [0.717, 1.165) is 35.9 Å². The predicted molar refractivity (Wildman–Crippen MR) is 100 cm³/mol. The first-order valence-corrected chi connectivity index (χ1v) is 8.58. The van der Waals surface area contributed by atoms with Crippen LogP contribution in [0.4, 0.5) is 0 Å². The summed E-state index contributed by atoms with van der Waals surface area (Å²) in [5.74, 6) is 0.577. The number of hydrogen-bond acceptors (Lipinski definition) is 4. The standard InChI is InChI=1S/C21H22N2O3/c1-25-12-6-11-23-14-18(13-22-23)19-9-5-10-21(20(19)15-24)26-16-17-7-3-2-4-8-17/h2-5,7-10,13-15H,6,11-12,16H2,1H3. The molecule has 0 spiro atoms. The summed E-state index contributed by atoms with van der Waals surface area (Å²) in [6.07, 6.45) is 5.45. The molecule has 1 heterocycles. The largest absolute Gasteiger partial charge is 0.488 e. The van der Waals surface area contributed by atoms with Gasteiger partial charge in [0.05, 0.1) is 11.8 Å². The highest BCUT2D eigenvalue weighted by Crippen LogP contribution is 2.29. The summed E-state index contributed by atoms with van der Waals surface area (Å²) < 4.78 is 12.8. The molecule has 0 atom stereocenters. The Balaban J connectivity index is 1.78. The number of nitrogens with zero attached hydrogens (tertiary/aromatic N) is 2. The van der Waals surface area contributed by atoms with Gasteiger partial charge in [0.2, 0.25) is 0 Å². The predicted octanol–water partition coefficient (Wildman–Crippen LogP) is 3.98. The van der Waals surface area contributed by atoms with Crippen LogP contribution in [0.3, 0.4) is 0 Å². The van der Waals surface area contributed by atoms with Gasteiger partial charge in [0.15, 0.2) is 6.29 Å². The molecule has 2 aromatic carbocycles. The van der Waals surface area contributed by atoms with Gasteiger partial charge in [0.25, 0.3) is 0 Å². The Hall–Kier alpha value is -2.92. The molecule has 1 aromatic heterocycles. The van der Waals surface area contributed by atoms with Crippen LogP contribution in [0.25, 0.3) is 11.1 Å². The van der Waals surface area contributed by atoms with Crippen molar-refractivity contribution in [3.05, 3.63) is 72.1 Å². The Morgan fingerprint density at radius 2 is 1.96 bits per heavy atom. The third-order valence-electron chi connectivity index (χ3n) is 4.10. The van der Waals surface area contributed by atoms with Crippen LogP contribution in [0.5, 0.6) is 5.75 Å². The van der Waals surface area contributed by atoms with Crippen molar-refractivity contribution < 1.29 is 14.3 Å². The van der Waals surface area contributed by atoms with Crippen LogP contribution in [0.15, 0.2) is 60.9 Å². The number of methoxy groups -OCH3 is 1. The van der Waals surface area contributed by atoms with Gasteiger partial charge in [-0.2, -0.15) is 5.10 Å². The van der Waals surface area contributed by atoms with Crippen molar-refractivity contribution in [2.45, 2.75) is 19.6 Å². The number of carbonyl (C=O) groups excluding carboxylic acids is 1. The van der Waals surface area contributed by atoms with Gasteiger partial charge in [-0.25, -0.2) is 0 Å². The Bertz CT molecular complexity index is 843. The van der Waals surface area contributed by atoms with Gasteiger partial charge in [0.1, 0.15) is 12.4 Å². The molecule has 0 bridgehead atoms. The van der Waals surface area contributed by atoms with Gasteiger partial charge in [0, 0.05) is 32.0 Å². The summed E-state index contributed by atoms with van der Waals surface area (Å²) >= 11 is 0. The van der Waals surface area contributed by atoms with E-state index in [-0.39, 0.29) is 0 Å². The highest BCUT2D eigenvalue weighted by Gasteiger charge is 2.12. The number of aryl methyl sites for hydroxylation is 1. The highest BCUT2D eigenvalue weighted by atomic mass is 16.5.